The van der Waals surface area contributed by atoms with Crippen LogP contribution in [-0.4, -0.2) is 10.9 Å². The maximum Gasteiger partial charge on any atom is 0.264 e. The molecule has 1 amide bonds. The summed E-state index contributed by atoms with van der Waals surface area (Å²) < 4.78 is 0. The van der Waals surface area contributed by atoms with Crippen molar-refractivity contribution in [1.29, 1.82) is 0 Å². The van der Waals surface area contributed by atoms with E-state index in [1.165, 1.54) is 6.07 Å². The molecule has 0 spiro atoms. The minimum Gasteiger partial charge on any atom is -0.358 e. The normalized spacial score (nSPS) is 10.7. The highest BCUT2D eigenvalue weighted by atomic mass is 16.2. The number of hydrogen-bond acceptors (Lipinski definition) is 2. The van der Waals surface area contributed by atoms with Gasteiger partial charge in [0.15, 0.2) is 5.43 Å². The molecule has 0 saturated heterocycles. The van der Waals surface area contributed by atoms with Crippen LogP contribution in [0.3, 0.4) is 0 Å². The summed E-state index contributed by atoms with van der Waals surface area (Å²) in [4.78, 5) is 32.2. The third-order valence-electron chi connectivity index (χ3n) is 5.63. The third-order valence-corrected chi connectivity index (χ3v) is 5.63. The van der Waals surface area contributed by atoms with Gasteiger partial charge in [0.05, 0.1) is 12.2 Å². The number of para-hydroxylation sites is 1. The fourth-order valence-corrected chi connectivity index (χ4v) is 3.99. The van der Waals surface area contributed by atoms with Gasteiger partial charge in [0.2, 0.25) is 0 Å². The molecule has 4 heteroatoms. The van der Waals surface area contributed by atoms with Gasteiger partial charge in [0.25, 0.3) is 5.91 Å². The van der Waals surface area contributed by atoms with Crippen molar-refractivity contribution in [3.63, 3.8) is 0 Å². The zero-order valence-electron chi connectivity index (χ0n) is 18.6. The van der Waals surface area contributed by atoms with Gasteiger partial charge in [-0.25, -0.2) is 0 Å². The van der Waals surface area contributed by atoms with Crippen molar-refractivity contribution in [2.45, 2.75) is 27.3 Å². The zero-order chi connectivity index (χ0) is 22.7. The van der Waals surface area contributed by atoms with E-state index in [4.69, 9.17) is 0 Å². The fourth-order valence-electron chi connectivity index (χ4n) is 3.99. The van der Waals surface area contributed by atoms with Crippen LogP contribution in [0.5, 0.6) is 0 Å². The van der Waals surface area contributed by atoms with Crippen molar-refractivity contribution in [3.05, 3.63) is 123 Å². The van der Waals surface area contributed by atoms with E-state index in [-0.39, 0.29) is 16.9 Å². The lowest BCUT2D eigenvalue weighted by Crippen LogP contribution is -2.35. The minimum absolute atomic E-state index is 0.157. The maximum absolute atomic E-state index is 14.0. The van der Waals surface area contributed by atoms with E-state index < -0.39 is 0 Å². The molecule has 1 heterocycles. The average molecular weight is 423 g/mol. The Morgan fingerprint density at radius 1 is 0.812 bits per heavy atom. The molecule has 1 N–H and O–H groups in total. The van der Waals surface area contributed by atoms with Gasteiger partial charge in [0.1, 0.15) is 5.56 Å². The van der Waals surface area contributed by atoms with Crippen LogP contribution in [-0.2, 0) is 6.54 Å². The number of hydrogen-bond donors (Lipinski definition) is 1. The molecule has 0 saturated carbocycles. The van der Waals surface area contributed by atoms with Crippen LogP contribution in [0.1, 0.15) is 32.7 Å². The molecule has 4 rings (SSSR count). The van der Waals surface area contributed by atoms with Gasteiger partial charge in [-0.1, -0.05) is 72.8 Å². The molecule has 0 aliphatic heterocycles. The minimum atomic E-state index is -0.317. The van der Waals surface area contributed by atoms with Crippen LogP contribution in [0, 0.1) is 20.8 Å². The number of benzene rings is 3. The molecule has 3 aromatic carbocycles. The Balaban J connectivity index is 1.91. The van der Waals surface area contributed by atoms with Crippen LogP contribution in [0.4, 0.5) is 5.69 Å². The van der Waals surface area contributed by atoms with E-state index in [0.717, 1.165) is 33.6 Å². The SMILES string of the molecule is Cc1cc(=O)c(C(=O)N(Cc2ccccc2)c2ccccc2C)c(-c2ccccc2C)[nH]1. The van der Waals surface area contributed by atoms with E-state index in [2.05, 4.69) is 4.98 Å². The lowest BCUT2D eigenvalue weighted by Gasteiger charge is -2.26. The number of aromatic amines is 1. The summed E-state index contributed by atoms with van der Waals surface area (Å²) in [7, 11) is 0. The molecule has 0 radical (unpaired) electrons. The number of anilines is 1. The summed E-state index contributed by atoms with van der Waals surface area (Å²) in [6.07, 6.45) is 0. The number of amides is 1. The van der Waals surface area contributed by atoms with Crippen LogP contribution >= 0.6 is 0 Å². The Morgan fingerprint density at radius 2 is 1.44 bits per heavy atom. The first kappa shape index (κ1) is 21.3. The van der Waals surface area contributed by atoms with Crippen LogP contribution < -0.4 is 10.3 Å². The highest BCUT2D eigenvalue weighted by molar-refractivity contribution is 6.10. The summed E-state index contributed by atoms with van der Waals surface area (Å²) in [6, 6.07) is 26.9. The first-order chi connectivity index (χ1) is 15.5. The quantitative estimate of drug-likeness (QED) is 0.441. The maximum atomic E-state index is 14.0. The number of rotatable bonds is 5. The van der Waals surface area contributed by atoms with Crippen molar-refractivity contribution in [3.8, 4) is 11.3 Å². The van der Waals surface area contributed by atoms with Gasteiger partial charge in [-0.15, -0.1) is 0 Å². The fraction of sp³-hybridized carbons (Fsp3) is 0.143. The number of aryl methyl sites for hydroxylation is 3. The highest BCUT2D eigenvalue weighted by Gasteiger charge is 2.26. The Hall–Kier alpha value is -3.92. The van der Waals surface area contributed by atoms with Gasteiger partial charge < -0.3 is 9.88 Å². The van der Waals surface area contributed by atoms with Crippen LogP contribution in [0.25, 0.3) is 11.3 Å². The van der Waals surface area contributed by atoms with Crippen molar-refractivity contribution in [2.75, 3.05) is 4.90 Å². The van der Waals surface area contributed by atoms with Gasteiger partial charge >= 0.3 is 0 Å². The molecular weight excluding hydrogens is 396 g/mol. The molecule has 4 aromatic rings. The lowest BCUT2D eigenvalue weighted by molar-refractivity contribution is 0.0984. The largest absolute Gasteiger partial charge is 0.358 e. The van der Waals surface area contributed by atoms with Gasteiger partial charge in [-0.05, 0) is 43.5 Å². The van der Waals surface area contributed by atoms with Crippen molar-refractivity contribution in [2.24, 2.45) is 0 Å². The van der Waals surface area contributed by atoms with Gasteiger partial charge in [0, 0.05) is 23.0 Å². The summed E-state index contributed by atoms with van der Waals surface area (Å²) in [5, 5.41) is 0. The first-order valence-electron chi connectivity index (χ1n) is 10.7. The molecule has 0 aliphatic carbocycles. The second-order valence-electron chi connectivity index (χ2n) is 8.04. The van der Waals surface area contributed by atoms with Gasteiger partial charge in [-0.3, -0.25) is 9.59 Å². The number of aromatic nitrogens is 1. The second kappa shape index (κ2) is 9.06. The van der Waals surface area contributed by atoms with E-state index in [9.17, 15) is 9.59 Å². The smallest absolute Gasteiger partial charge is 0.264 e. The van der Waals surface area contributed by atoms with E-state index in [1.807, 2.05) is 99.6 Å². The van der Waals surface area contributed by atoms with E-state index in [1.54, 1.807) is 4.90 Å². The highest BCUT2D eigenvalue weighted by Crippen LogP contribution is 2.28. The molecule has 0 bridgehead atoms. The molecule has 4 nitrogen and oxygen atoms in total. The number of H-pyrrole nitrogens is 1. The van der Waals surface area contributed by atoms with Gasteiger partial charge in [-0.2, -0.15) is 0 Å². The standard InChI is InChI=1S/C28H26N2O2/c1-19-11-7-9-15-23(19)27-26(25(31)17-21(3)29-27)28(32)30(18-22-13-5-4-6-14-22)24-16-10-8-12-20(24)2/h4-17H,18H2,1-3H3,(H,29,31). The number of carbonyl (C=O) groups is 1. The molecule has 32 heavy (non-hydrogen) atoms. The van der Waals surface area contributed by atoms with Crippen molar-refractivity contribution in [1.82, 2.24) is 4.98 Å². The average Bonchev–Trinajstić information content (AvgIpc) is 2.78. The number of nitrogens with one attached hydrogen (secondary N) is 1. The van der Waals surface area contributed by atoms with Crippen molar-refractivity contribution < 1.29 is 4.79 Å². The number of pyridine rings is 1. The van der Waals surface area contributed by atoms with Crippen LogP contribution in [0.15, 0.2) is 89.7 Å². The predicted octanol–water partition coefficient (Wildman–Crippen LogP) is 5.81. The summed E-state index contributed by atoms with van der Waals surface area (Å²) >= 11 is 0. The number of nitrogens with zero attached hydrogens (tertiary/aromatic N) is 1. The zero-order valence-corrected chi connectivity index (χ0v) is 18.6. The summed E-state index contributed by atoms with van der Waals surface area (Å²) in [5.74, 6) is -0.317. The third kappa shape index (κ3) is 4.26. The molecule has 0 aliphatic rings. The van der Waals surface area contributed by atoms with E-state index in [0.29, 0.717) is 12.2 Å². The molecule has 0 atom stereocenters. The second-order valence-corrected chi connectivity index (χ2v) is 8.04. The Morgan fingerprint density at radius 3 is 2.12 bits per heavy atom. The summed E-state index contributed by atoms with van der Waals surface area (Å²) in [5.41, 5.74) is 5.74. The Kier molecular flexibility index (Phi) is 6.04. The Labute approximate surface area is 188 Å². The predicted molar refractivity (Wildman–Crippen MR) is 130 cm³/mol. The first-order valence-corrected chi connectivity index (χ1v) is 10.7. The molecule has 0 unspecified atom stereocenters. The molecule has 1 aromatic heterocycles. The van der Waals surface area contributed by atoms with Crippen LogP contribution in [0.2, 0.25) is 0 Å². The Bertz CT molecular complexity index is 1320. The number of carbonyl (C=O) groups excluding carboxylic acids is 1. The van der Waals surface area contributed by atoms with E-state index >= 15 is 0 Å². The summed E-state index contributed by atoms with van der Waals surface area (Å²) in [6.45, 7) is 6.15. The lowest BCUT2D eigenvalue weighted by atomic mass is 9.99. The molecule has 160 valence electrons. The molecule has 0 fully saturated rings. The topological polar surface area (TPSA) is 53.2 Å². The van der Waals surface area contributed by atoms with Crippen molar-refractivity contribution >= 4 is 11.6 Å². The molecular formula is C28H26N2O2. The monoisotopic (exact) mass is 422 g/mol.